The topological polar surface area (TPSA) is 94.2 Å². The van der Waals surface area contributed by atoms with Gasteiger partial charge >= 0.3 is 6.43 Å². The van der Waals surface area contributed by atoms with Gasteiger partial charge in [-0.2, -0.15) is 13.8 Å². The lowest BCUT2D eigenvalue weighted by molar-refractivity contribution is 0.106. The zero-order valence-electron chi connectivity index (χ0n) is 15.5. The molecule has 0 aliphatic heterocycles. The number of alkyl halides is 2. The molecule has 0 aliphatic carbocycles. The molecule has 2 aromatic heterocycles. The second-order valence-corrected chi connectivity index (χ2v) is 7.24. The molecule has 0 atom stereocenters. The molecule has 1 aromatic carbocycles. The largest absolute Gasteiger partial charge is 0.493 e. The first kappa shape index (κ1) is 20.3. The van der Waals surface area contributed by atoms with E-state index in [4.69, 9.17) is 4.74 Å². The van der Waals surface area contributed by atoms with Crippen molar-refractivity contribution < 1.29 is 23.1 Å². The number of ether oxygens (including phenoxy) is 1. The van der Waals surface area contributed by atoms with Crippen molar-refractivity contribution in [3.63, 3.8) is 0 Å². The monoisotopic (exact) mass is 410 g/mol. The van der Waals surface area contributed by atoms with Crippen LogP contribution in [0.2, 0.25) is 0 Å². The molecule has 0 aliphatic rings. The summed E-state index contributed by atoms with van der Waals surface area (Å²) in [5, 5.41) is 23.5. The van der Waals surface area contributed by atoms with Gasteiger partial charge in [-0.15, -0.1) is 21.5 Å². The van der Waals surface area contributed by atoms with Crippen LogP contribution in [-0.2, 0) is 19.4 Å². The van der Waals surface area contributed by atoms with E-state index in [1.165, 1.54) is 0 Å². The van der Waals surface area contributed by atoms with Crippen LogP contribution in [0.5, 0.6) is 5.75 Å². The van der Waals surface area contributed by atoms with Gasteiger partial charge in [-0.05, 0) is 37.5 Å². The van der Waals surface area contributed by atoms with Crippen molar-refractivity contribution in [1.29, 1.82) is 0 Å². The summed E-state index contributed by atoms with van der Waals surface area (Å²) in [7, 11) is 0. The number of hydrogen-bond acceptors (Lipinski definition) is 8. The summed E-state index contributed by atoms with van der Waals surface area (Å²) in [4.78, 5) is 3.68. The van der Waals surface area contributed by atoms with Crippen molar-refractivity contribution in [3.05, 3.63) is 39.2 Å². The molecule has 0 amide bonds. The molecule has 0 bridgehead atoms. The summed E-state index contributed by atoms with van der Waals surface area (Å²) >= 11 is 1.60. The standard InChI is InChI=1S/C18H20F2N4O3S/c1-3-13-22-23-14(28-13)5-4-6-26-15-10(2)7-11(8-12(15)9-25)17-21-18(16(19)20)27-24-17/h7-8,16,25H,3-6,9H2,1-2H3. The Kier molecular flexibility index (Phi) is 6.63. The van der Waals surface area contributed by atoms with Crippen molar-refractivity contribution in [1.82, 2.24) is 20.3 Å². The maximum atomic E-state index is 12.6. The lowest BCUT2D eigenvalue weighted by atomic mass is 10.0. The molecule has 10 heteroatoms. The minimum absolute atomic E-state index is 0.0441. The highest BCUT2D eigenvalue weighted by molar-refractivity contribution is 7.11. The highest BCUT2D eigenvalue weighted by Crippen LogP contribution is 2.31. The second kappa shape index (κ2) is 9.16. The summed E-state index contributed by atoms with van der Waals surface area (Å²) in [6.07, 6.45) is -0.433. The highest BCUT2D eigenvalue weighted by atomic mass is 32.1. The van der Waals surface area contributed by atoms with E-state index in [2.05, 4.69) is 24.9 Å². The number of benzene rings is 1. The van der Waals surface area contributed by atoms with Gasteiger partial charge in [-0.25, -0.2) is 0 Å². The molecule has 3 aromatic rings. The minimum atomic E-state index is -2.83. The fourth-order valence-electron chi connectivity index (χ4n) is 2.67. The molecule has 150 valence electrons. The van der Waals surface area contributed by atoms with Crippen LogP contribution in [0, 0.1) is 6.92 Å². The van der Waals surface area contributed by atoms with Gasteiger partial charge in [0.15, 0.2) is 0 Å². The number of aliphatic hydroxyl groups excluding tert-OH is 1. The average Bonchev–Trinajstić information content (AvgIpc) is 3.35. The van der Waals surface area contributed by atoms with Gasteiger partial charge in [0.05, 0.1) is 13.2 Å². The second-order valence-electron chi connectivity index (χ2n) is 6.09. The molecule has 2 heterocycles. The Morgan fingerprint density at radius 2 is 2.04 bits per heavy atom. The van der Waals surface area contributed by atoms with Gasteiger partial charge in [0.2, 0.25) is 5.82 Å². The fourth-order valence-corrected chi connectivity index (χ4v) is 3.50. The van der Waals surface area contributed by atoms with Crippen LogP contribution in [0.1, 0.15) is 46.8 Å². The highest BCUT2D eigenvalue weighted by Gasteiger charge is 2.19. The van der Waals surface area contributed by atoms with E-state index in [0.717, 1.165) is 34.8 Å². The molecular weight excluding hydrogens is 390 g/mol. The molecule has 7 nitrogen and oxygen atoms in total. The van der Waals surface area contributed by atoms with E-state index in [1.807, 2.05) is 13.8 Å². The van der Waals surface area contributed by atoms with Gasteiger partial charge in [-0.1, -0.05) is 12.1 Å². The Morgan fingerprint density at radius 1 is 1.25 bits per heavy atom. The molecule has 0 spiro atoms. The van der Waals surface area contributed by atoms with Gasteiger partial charge in [0.25, 0.3) is 5.89 Å². The summed E-state index contributed by atoms with van der Waals surface area (Å²) in [5.74, 6) is -0.126. The third kappa shape index (κ3) is 4.68. The van der Waals surface area contributed by atoms with E-state index in [0.29, 0.717) is 23.5 Å². The van der Waals surface area contributed by atoms with Crippen molar-refractivity contribution in [3.8, 4) is 17.1 Å². The molecule has 0 saturated carbocycles. The summed E-state index contributed by atoms with van der Waals surface area (Å²) in [6.45, 7) is 4.04. The predicted molar refractivity (Wildman–Crippen MR) is 98.5 cm³/mol. The lowest BCUT2D eigenvalue weighted by Crippen LogP contribution is -2.04. The fraction of sp³-hybridized carbons (Fsp3) is 0.444. The average molecular weight is 410 g/mol. The van der Waals surface area contributed by atoms with E-state index in [1.54, 1.807) is 23.5 Å². The molecule has 0 saturated heterocycles. The Morgan fingerprint density at radius 3 is 2.68 bits per heavy atom. The molecule has 0 unspecified atom stereocenters. The van der Waals surface area contributed by atoms with Crippen molar-refractivity contribution >= 4 is 11.3 Å². The summed E-state index contributed by atoms with van der Waals surface area (Å²) in [6, 6.07) is 3.33. The van der Waals surface area contributed by atoms with Crippen LogP contribution in [0.15, 0.2) is 16.7 Å². The number of aliphatic hydroxyl groups is 1. The number of hydrogen-bond donors (Lipinski definition) is 1. The van der Waals surface area contributed by atoms with Gasteiger partial charge in [0, 0.05) is 17.5 Å². The van der Waals surface area contributed by atoms with E-state index >= 15 is 0 Å². The number of rotatable bonds is 9. The van der Waals surface area contributed by atoms with Crippen LogP contribution in [0.25, 0.3) is 11.4 Å². The van der Waals surface area contributed by atoms with Crippen LogP contribution < -0.4 is 4.74 Å². The quantitative estimate of drug-likeness (QED) is 0.535. The van der Waals surface area contributed by atoms with Gasteiger partial charge < -0.3 is 14.4 Å². The first-order valence-corrected chi connectivity index (χ1v) is 9.64. The molecule has 0 radical (unpaired) electrons. The molecule has 0 fully saturated rings. The number of aromatic nitrogens is 4. The maximum absolute atomic E-state index is 12.6. The number of nitrogens with zero attached hydrogens (tertiary/aromatic N) is 4. The van der Waals surface area contributed by atoms with Crippen LogP contribution in [0.3, 0.4) is 0 Å². The number of halogens is 2. The first-order valence-electron chi connectivity index (χ1n) is 8.82. The Bertz CT molecular complexity index is 929. The van der Waals surface area contributed by atoms with Crippen LogP contribution >= 0.6 is 11.3 Å². The van der Waals surface area contributed by atoms with Crippen LogP contribution in [0.4, 0.5) is 8.78 Å². The zero-order valence-corrected chi connectivity index (χ0v) is 16.3. The van der Waals surface area contributed by atoms with Gasteiger partial charge in [0.1, 0.15) is 15.8 Å². The normalized spacial score (nSPS) is 11.4. The van der Waals surface area contributed by atoms with Gasteiger partial charge in [-0.3, -0.25) is 0 Å². The molecular formula is C18H20F2N4O3S. The maximum Gasteiger partial charge on any atom is 0.315 e. The SMILES string of the molecule is CCc1nnc(CCCOc2c(C)cc(-c3noc(C(F)F)n3)cc2CO)s1. The minimum Gasteiger partial charge on any atom is -0.493 e. The summed E-state index contributed by atoms with van der Waals surface area (Å²) < 4.78 is 35.7. The predicted octanol–water partition coefficient (Wildman–Crippen LogP) is 3.90. The molecule has 28 heavy (non-hydrogen) atoms. The van der Waals surface area contributed by atoms with Crippen molar-refractivity contribution in [2.45, 2.75) is 46.1 Å². The van der Waals surface area contributed by atoms with Crippen molar-refractivity contribution in [2.75, 3.05) is 6.61 Å². The molecule has 3 rings (SSSR count). The van der Waals surface area contributed by atoms with Crippen molar-refractivity contribution in [2.24, 2.45) is 0 Å². The summed E-state index contributed by atoms with van der Waals surface area (Å²) in [5.41, 5.74) is 1.75. The third-order valence-electron chi connectivity index (χ3n) is 4.00. The third-order valence-corrected chi connectivity index (χ3v) is 5.13. The van der Waals surface area contributed by atoms with E-state index in [-0.39, 0.29) is 12.4 Å². The van der Waals surface area contributed by atoms with E-state index in [9.17, 15) is 13.9 Å². The Balaban J connectivity index is 1.67. The zero-order chi connectivity index (χ0) is 20.1. The van der Waals surface area contributed by atoms with Crippen LogP contribution in [-0.4, -0.2) is 32.1 Å². The molecule has 1 N–H and O–H groups in total. The smallest absolute Gasteiger partial charge is 0.315 e. The van der Waals surface area contributed by atoms with E-state index < -0.39 is 12.3 Å². The first-order chi connectivity index (χ1) is 13.5. The number of aryl methyl sites for hydroxylation is 3. The Hall–Kier alpha value is -2.46. The Labute approximate surface area is 164 Å². The lowest BCUT2D eigenvalue weighted by Gasteiger charge is -2.14.